The topological polar surface area (TPSA) is 32.3 Å². The Bertz CT molecular complexity index is 783. The van der Waals surface area contributed by atoms with Crippen LogP contribution in [0.15, 0.2) is 48.5 Å². The van der Waals surface area contributed by atoms with Crippen molar-refractivity contribution < 1.29 is 4.79 Å². The molecule has 4 rings (SSSR count). The van der Waals surface area contributed by atoms with Crippen LogP contribution in [0.1, 0.15) is 48.4 Å². The number of carbonyl (C=O) groups is 1. The summed E-state index contributed by atoms with van der Waals surface area (Å²) in [5, 5.41) is 3.21. The molecule has 2 aromatic carbocycles. The minimum Gasteiger partial charge on any atom is -0.350 e. The Hall–Kier alpha value is -2.13. The molecule has 26 heavy (non-hydrogen) atoms. The van der Waals surface area contributed by atoms with Crippen LogP contribution in [-0.2, 0) is 30.7 Å². The maximum atomic E-state index is 13.2. The number of hydrogen-bond acceptors (Lipinski definition) is 2. The Morgan fingerprint density at radius 3 is 2.50 bits per heavy atom. The monoisotopic (exact) mass is 348 g/mol. The van der Waals surface area contributed by atoms with Gasteiger partial charge in [0.2, 0.25) is 5.91 Å². The van der Waals surface area contributed by atoms with E-state index in [-0.39, 0.29) is 5.91 Å². The maximum Gasteiger partial charge on any atom is 0.241 e. The number of carbonyl (C=O) groups excluding carboxylic acids is 1. The lowest BCUT2D eigenvalue weighted by Crippen LogP contribution is -2.60. The summed E-state index contributed by atoms with van der Waals surface area (Å²) in [5.74, 6) is 0.207. The molecule has 136 valence electrons. The van der Waals surface area contributed by atoms with Gasteiger partial charge in [-0.3, -0.25) is 9.69 Å². The number of hydrogen-bond donors (Lipinski definition) is 1. The quantitative estimate of drug-likeness (QED) is 0.914. The Morgan fingerprint density at radius 1 is 1.00 bits per heavy atom. The Balaban J connectivity index is 1.65. The summed E-state index contributed by atoms with van der Waals surface area (Å²) >= 11 is 0. The number of piperidine rings is 1. The fourth-order valence-electron chi connectivity index (χ4n) is 4.52. The molecule has 2 aliphatic rings. The van der Waals surface area contributed by atoms with Crippen LogP contribution in [0.5, 0.6) is 0 Å². The summed E-state index contributed by atoms with van der Waals surface area (Å²) in [5.41, 5.74) is 4.83. The summed E-state index contributed by atoms with van der Waals surface area (Å²) in [4.78, 5) is 15.6. The van der Waals surface area contributed by atoms with E-state index in [4.69, 9.17) is 0 Å². The molecule has 1 N–H and O–H groups in total. The SMILES string of the molecule is CCc1ccc(CN2CCCCC23Cc2ccccc2CNC3=O)cc1. The first-order valence-electron chi connectivity index (χ1n) is 9.89. The van der Waals surface area contributed by atoms with Crippen LogP contribution >= 0.6 is 0 Å². The standard InChI is InChI=1S/C23H28N2O/c1-2-18-9-11-19(12-10-18)17-25-14-6-5-13-23(25)15-20-7-3-4-8-21(20)16-24-22(23)26/h3-4,7-12H,2,5-6,13-17H2,1H3,(H,24,26). The van der Waals surface area contributed by atoms with E-state index < -0.39 is 5.54 Å². The van der Waals surface area contributed by atoms with Crippen LogP contribution in [0.2, 0.25) is 0 Å². The number of rotatable bonds is 3. The highest BCUT2D eigenvalue weighted by molar-refractivity contribution is 5.87. The fourth-order valence-corrected chi connectivity index (χ4v) is 4.52. The molecule has 0 aliphatic carbocycles. The highest BCUT2D eigenvalue weighted by Crippen LogP contribution is 2.35. The highest BCUT2D eigenvalue weighted by atomic mass is 16.2. The lowest BCUT2D eigenvalue weighted by atomic mass is 9.80. The van der Waals surface area contributed by atoms with Crippen LogP contribution in [0.3, 0.4) is 0 Å². The molecule has 1 spiro atoms. The third kappa shape index (κ3) is 3.16. The van der Waals surface area contributed by atoms with E-state index in [2.05, 4.69) is 65.7 Å². The lowest BCUT2D eigenvalue weighted by Gasteiger charge is -2.45. The van der Waals surface area contributed by atoms with Gasteiger partial charge in [-0.05, 0) is 54.5 Å². The molecule has 0 saturated carbocycles. The van der Waals surface area contributed by atoms with Crippen molar-refractivity contribution in [3.05, 3.63) is 70.8 Å². The smallest absolute Gasteiger partial charge is 0.241 e. The Kier molecular flexibility index (Phi) is 4.82. The zero-order valence-corrected chi connectivity index (χ0v) is 15.6. The number of nitrogens with one attached hydrogen (secondary N) is 1. The van der Waals surface area contributed by atoms with Crippen molar-refractivity contribution in [2.75, 3.05) is 6.54 Å². The number of likely N-dealkylation sites (tertiary alicyclic amines) is 1. The maximum absolute atomic E-state index is 13.2. The Morgan fingerprint density at radius 2 is 1.73 bits per heavy atom. The first-order chi connectivity index (χ1) is 12.7. The van der Waals surface area contributed by atoms with Gasteiger partial charge in [-0.15, -0.1) is 0 Å². The molecule has 2 aromatic rings. The molecular formula is C23H28N2O. The zero-order valence-electron chi connectivity index (χ0n) is 15.6. The van der Waals surface area contributed by atoms with Crippen LogP contribution in [0, 0.1) is 0 Å². The third-order valence-electron chi connectivity index (χ3n) is 6.14. The number of fused-ring (bicyclic) bond motifs is 1. The molecule has 2 aliphatic heterocycles. The zero-order chi connectivity index (χ0) is 18.0. The summed E-state index contributed by atoms with van der Waals surface area (Å²) in [6, 6.07) is 17.4. The van der Waals surface area contributed by atoms with Crippen LogP contribution < -0.4 is 5.32 Å². The van der Waals surface area contributed by atoms with Crippen LogP contribution in [0.4, 0.5) is 0 Å². The van der Waals surface area contributed by atoms with E-state index in [0.717, 1.165) is 38.8 Å². The van der Waals surface area contributed by atoms with Gasteiger partial charge in [-0.1, -0.05) is 55.5 Å². The van der Waals surface area contributed by atoms with E-state index >= 15 is 0 Å². The van der Waals surface area contributed by atoms with Crippen molar-refractivity contribution in [2.45, 2.75) is 57.7 Å². The van der Waals surface area contributed by atoms with Crippen molar-refractivity contribution in [2.24, 2.45) is 0 Å². The summed E-state index contributed by atoms with van der Waals surface area (Å²) in [6.45, 7) is 4.67. The van der Waals surface area contributed by atoms with E-state index in [1.54, 1.807) is 0 Å². The van der Waals surface area contributed by atoms with Crippen molar-refractivity contribution >= 4 is 5.91 Å². The van der Waals surface area contributed by atoms with Crippen molar-refractivity contribution in [3.63, 3.8) is 0 Å². The fraction of sp³-hybridized carbons (Fsp3) is 0.435. The first kappa shape index (κ1) is 17.3. The van der Waals surface area contributed by atoms with Gasteiger partial charge in [0.25, 0.3) is 0 Å². The second-order valence-electron chi connectivity index (χ2n) is 7.71. The van der Waals surface area contributed by atoms with Gasteiger partial charge < -0.3 is 5.32 Å². The molecule has 1 amide bonds. The van der Waals surface area contributed by atoms with E-state index in [0.29, 0.717) is 6.54 Å². The van der Waals surface area contributed by atoms with E-state index in [9.17, 15) is 4.79 Å². The minimum atomic E-state index is -0.408. The Labute approximate surface area is 156 Å². The molecule has 3 nitrogen and oxygen atoms in total. The molecule has 2 heterocycles. The molecule has 1 saturated heterocycles. The minimum absolute atomic E-state index is 0.207. The molecule has 0 radical (unpaired) electrons. The molecule has 3 heteroatoms. The molecular weight excluding hydrogens is 320 g/mol. The molecule has 1 fully saturated rings. The summed E-state index contributed by atoms with van der Waals surface area (Å²) in [6.07, 6.45) is 5.12. The van der Waals surface area contributed by atoms with E-state index in [1.165, 1.54) is 28.7 Å². The predicted octanol–water partition coefficient (Wildman–Crippen LogP) is 3.85. The van der Waals surface area contributed by atoms with Gasteiger partial charge in [0.1, 0.15) is 5.54 Å². The average Bonchev–Trinajstić information content (AvgIpc) is 2.82. The van der Waals surface area contributed by atoms with Gasteiger partial charge >= 0.3 is 0 Å². The summed E-state index contributed by atoms with van der Waals surface area (Å²) < 4.78 is 0. The average molecular weight is 348 g/mol. The van der Waals surface area contributed by atoms with Crippen molar-refractivity contribution in [1.82, 2.24) is 10.2 Å². The second kappa shape index (κ2) is 7.24. The number of aryl methyl sites for hydroxylation is 1. The molecule has 0 aromatic heterocycles. The molecule has 0 bridgehead atoms. The van der Waals surface area contributed by atoms with Gasteiger partial charge in [0.05, 0.1) is 0 Å². The van der Waals surface area contributed by atoms with Gasteiger partial charge in [-0.25, -0.2) is 0 Å². The lowest BCUT2D eigenvalue weighted by molar-refractivity contribution is -0.136. The van der Waals surface area contributed by atoms with E-state index in [1.807, 2.05) is 0 Å². The van der Waals surface area contributed by atoms with Crippen LogP contribution in [-0.4, -0.2) is 22.9 Å². The van der Waals surface area contributed by atoms with Crippen LogP contribution in [0.25, 0.3) is 0 Å². The second-order valence-corrected chi connectivity index (χ2v) is 7.71. The largest absolute Gasteiger partial charge is 0.350 e. The van der Waals surface area contributed by atoms with Gasteiger partial charge in [-0.2, -0.15) is 0 Å². The molecule has 1 atom stereocenters. The van der Waals surface area contributed by atoms with Crippen molar-refractivity contribution in [1.29, 1.82) is 0 Å². The van der Waals surface area contributed by atoms with Crippen molar-refractivity contribution in [3.8, 4) is 0 Å². The van der Waals surface area contributed by atoms with Gasteiger partial charge in [0, 0.05) is 19.5 Å². The van der Waals surface area contributed by atoms with Gasteiger partial charge in [0.15, 0.2) is 0 Å². The number of amides is 1. The predicted molar refractivity (Wildman–Crippen MR) is 105 cm³/mol. The third-order valence-corrected chi connectivity index (χ3v) is 6.14. The normalized spacial score (nSPS) is 23.3. The first-order valence-corrected chi connectivity index (χ1v) is 9.89. The number of nitrogens with zero attached hydrogens (tertiary/aromatic N) is 1. The molecule has 1 unspecified atom stereocenters. The highest BCUT2D eigenvalue weighted by Gasteiger charge is 2.46. The number of benzene rings is 2. The summed E-state index contributed by atoms with van der Waals surface area (Å²) in [7, 11) is 0.